The largest absolute Gasteiger partial charge is 0.487 e. The minimum Gasteiger partial charge on any atom is -0.487 e. The summed E-state index contributed by atoms with van der Waals surface area (Å²) < 4.78 is 5.83. The first-order valence-corrected chi connectivity index (χ1v) is 7.02. The van der Waals surface area contributed by atoms with Crippen molar-refractivity contribution in [2.45, 2.75) is 32.3 Å². The van der Waals surface area contributed by atoms with Crippen LogP contribution in [0.3, 0.4) is 0 Å². The number of aryl methyl sites for hydroxylation is 2. The lowest BCUT2D eigenvalue weighted by Gasteiger charge is -2.16. The van der Waals surface area contributed by atoms with Crippen molar-refractivity contribution >= 4 is 5.82 Å². The van der Waals surface area contributed by atoms with E-state index in [4.69, 9.17) is 10.6 Å². The number of fused-ring (bicyclic) bond motifs is 1. The Hall–Kier alpha value is -2.07. The van der Waals surface area contributed by atoms with Crippen molar-refractivity contribution in [3.8, 4) is 5.75 Å². The van der Waals surface area contributed by atoms with E-state index in [1.54, 1.807) is 0 Å². The second-order valence-corrected chi connectivity index (χ2v) is 5.08. The molecule has 1 aromatic heterocycles. The third-order valence-corrected chi connectivity index (χ3v) is 3.66. The number of aromatic nitrogens is 1. The molecule has 4 heteroatoms. The smallest absolute Gasteiger partial charge is 0.140 e. The predicted molar refractivity (Wildman–Crippen MR) is 79.5 cm³/mol. The second-order valence-electron chi connectivity index (χ2n) is 5.08. The molecular weight excluding hydrogens is 250 g/mol. The number of ether oxygens (including phenoxy) is 1. The van der Waals surface area contributed by atoms with Crippen molar-refractivity contribution in [2.24, 2.45) is 5.84 Å². The summed E-state index contributed by atoms with van der Waals surface area (Å²) in [5.74, 6) is 6.91. The topological polar surface area (TPSA) is 60.2 Å². The highest BCUT2D eigenvalue weighted by Crippen LogP contribution is 2.25. The molecule has 1 aliphatic carbocycles. The Bertz CT molecular complexity index is 598. The lowest BCUT2D eigenvalue weighted by Crippen LogP contribution is -2.10. The molecule has 0 spiro atoms. The maximum Gasteiger partial charge on any atom is 0.140 e. The zero-order chi connectivity index (χ0) is 13.8. The first kappa shape index (κ1) is 12.9. The number of nitrogen functional groups attached to an aromatic ring is 1. The van der Waals surface area contributed by atoms with Crippen LogP contribution in [0.5, 0.6) is 5.75 Å². The van der Waals surface area contributed by atoms with E-state index in [0.717, 1.165) is 17.9 Å². The maximum absolute atomic E-state index is 5.83. The Morgan fingerprint density at radius 2 is 1.95 bits per heavy atom. The molecule has 4 nitrogen and oxygen atoms in total. The highest BCUT2D eigenvalue weighted by molar-refractivity contribution is 5.37. The predicted octanol–water partition coefficient (Wildman–Crippen LogP) is 2.83. The van der Waals surface area contributed by atoms with Crippen molar-refractivity contribution in [3.63, 3.8) is 0 Å². The van der Waals surface area contributed by atoms with E-state index in [2.05, 4.69) is 28.6 Å². The quantitative estimate of drug-likeness (QED) is 0.662. The molecule has 0 bridgehead atoms. The molecule has 0 aliphatic heterocycles. The van der Waals surface area contributed by atoms with Crippen molar-refractivity contribution < 1.29 is 4.74 Å². The van der Waals surface area contributed by atoms with Crippen LogP contribution in [0, 0.1) is 0 Å². The highest BCUT2D eigenvalue weighted by atomic mass is 16.5. The maximum atomic E-state index is 5.83. The molecule has 0 saturated carbocycles. The molecule has 20 heavy (non-hydrogen) atoms. The summed E-state index contributed by atoms with van der Waals surface area (Å²) in [7, 11) is 0. The Balaban J connectivity index is 1.68. The molecular formula is C16H19N3O. The molecule has 1 aromatic carbocycles. The molecule has 1 aliphatic rings. The summed E-state index contributed by atoms with van der Waals surface area (Å²) in [6.07, 6.45) is 4.94. The van der Waals surface area contributed by atoms with E-state index < -0.39 is 0 Å². The van der Waals surface area contributed by atoms with Crippen LogP contribution in [0.4, 0.5) is 5.82 Å². The van der Waals surface area contributed by atoms with Crippen molar-refractivity contribution in [2.75, 3.05) is 5.43 Å². The van der Waals surface area contributed by atoms with Crippen LogP contribution in [0.15, 0.2) is 36.4 Å². The Kier molecular flexibility index (Phi) is 3.83. The number of pyridine rings is 1. The first-order chi connectivity index (χ1) is 9.85. The average Bonchev–Trinajstić information content (AvgIpc) is 2.53. The minimum absolute atomic E-state index is 0.453. The van der Waals surface area contributed by atoms with Gasteiger partial charge in [-0.2, -0.15) is 0 Å². The van der Waals surface area contributed by atoms with Gasteiger partial charge in [-0.3, -0.25) is 0 Å². The Labute approximate surface area is 119 Å². The summed E-state index contributed by atoms with van der Waals surface area (Å²) in [6, 6.07) is 12.1. The van der Waals surface area contributed by atoms with Crippen LogP contribution in [-0.2, 0) is 19.4 Å². The number of nitrogens with zero attached hydrogens (tertiary/aromatic N) is 1. The fourth-order valence-corrected chi connectivity index (χ4v) is 2.60. The summed E-state index contributed by atoms with van der Waals surface area (Å²) in [6.45, 7) is 0.453. The molecule has 0 fully saturated rings. The number of hydrazine groups is 1. The third kappa shape index (κ3) is 2.91. The summed E-state index contributed by atoms with van der Waals surface area (Å²) in [5.41, 5.74) is 6.30. The van der Waals surface area contributed by atoms with Gasteiger partial charge in [0.2, 0.25) is 0 Å². The van der Waals surface area contributed by atoms with E-state index in [1.165, 1.54) is 30.4 Å². The molecule has 1 heterocycles. The van der Waals surface area contributed by atoms with Crippen LogP contribution in [0.25, 0.3) is 0 Å². The fraction of sp³-hybridized carbons (Fsp3) is 0.312. The van der Waals surface area contributed by atoms with Crippen LogP contribution in [0.2, 0.25) is 0 Å². The van der Waals surface area contributed by atoms with Gasteiger partial charge in [0.1, 0.15) is 18.2 Å². The zero-order valence-electron chi connectivity index (χ0n) is 11.4. The van der Waals surface area contributed by atoms with Crippen LogP contribution in [0.1, 0.15) is 29.7 Å². The van der Waals surface area contributed by atoms with Gasteiger partial charge in [0.15, 0.2) is 0 Å². The van der Waals surface area contributed by atoms with Gasteiger partial charge in [0, 0.05) is 0 Å². The van der Waals surface area contributed by atoms with Gasteiger partial charge in [0.05, 0.1) is 5.69 Å². The molecule has 0 atom stereocenters. The van der Waals surface area contributed by atoms with E-state index in [0.29, 0.717) is 12.4 Å². The number of hydrogen-bond acceptors (Lipinski definition) is 4. The van der Waals surface area contributed by atoms with E-state index >= 15 is 0 Å². The molecule has 3 rings (SSSR count). The minimum atomic E-state index is 0.453. The number of nitrogens with two attached hydrogens (primary N) is 1. The average molecular weight is 269 g/mol. The third-order valence-electron chi connectivity index (χ3n) is 3.66. The van der Waals surface area contributed by atoms with Crippen molar-refractivity contribution in [1.82, 2.24) is 4.98 Å². The van der Waals surface area contributed by atoms with Gasteiger partial charge in [-0.15, -0.1) is 0 Å². The Morgan fingerprint density at radius 1 is 1.10 bits per heavy atom. The van der Waals surface area contributed by atoms with Crippen LogP contribution in [-0.4, -0.2) is 4.98 Å². The highest BCUT2D eigenvalue weighted by Gasteiger charge is 2.10. The summed E-state index contributed by atoms with van der Waals surface area (Å²) in [4.78, 5) is 4.33. The lowest BCUT2D eigenvalue weighted by molar-refractivity contribution is 0.301. The fourth-order valence-electron chi connectivity index (χ4n) is 2.60. The number of rotatable bonds is 4. The van der Waals surface area contributed by atoms with Gasteiger partial charge in [-0.1, -0.05) is 12.1 Å². The molecule has 0 amide bonds. The molecule has 0 saturated heterocycles. The lowest BCUT2D eigenvalue weighted by atomic mass is 9.92. The second kappa shape index (κ2) is 5.92. The summed E-state index contributed by atoms with van der Waals surface area (Å²) >= 11 is 0. The monoisotopic (exact) mass is 269 g/mol. The molecule has 2 aromatic rings. The van der Waals surface area contributed by atoms with E-state index in [9.17, 15) is 0 Å². The van der Waals surface area contributed by atoms with Crippen LogP contribution >= 0.6 is 0 Å². The molecule has 0 unspecified atom stereocenters. The number of nitrogens with one attached hydrogen (secondary N) is 1. The van der Waals surface area contributed by atoms with Gasteiger partial charge >= 0.3 is 0 Å². The van der Waals surface area contributed by atoms with Gasteiger partial charge in [-0.25, -0.2) is 10.8 Å². The number of benzene rings is 1. The SMILES string of the molecule is NNc1cccc(COc2ccc3c(c2)CCCC3)n1. The molecule has 0 radical (unpaired) electrons. The van der Waals surface area contributed by atoms with Gasteiger partial charge in [0.25, 0.3) is 0 Å². The van der Waals surface area contributed by atoms with Crippen LogP contribution < -0.4 is 16.0 Å². The Morgan fingerprint density at radius 3 is 2.80 bits per heavy atom. The summed E-state index contributed by atoms with van der Waals surface area (Å²) in [5, 5.41) is 0. The molecule has 104 valence electrons. The zero-order valence-corrected chi connectivity index (χ0v) is 11.4. The standard InChI is InChI=1S/C16H19N3O/c17-19-16-7-3-6-14(18-16)11-20-15-9-8-12-4-1-2-5-13(12)10-15/h3,6-10H,1-2,4-5,11,17H2,(H,18,19). The van der Waals surface area contributed by atoms with Crippen molar-refractivity contribution in [3.05, 3.63) is 53.2 Å². The number of hydrogen-bond donors (Lipinski definition) is 2. The molecule has 3 N–H and O–H groups in total. The van der Waals surface area contributed by atoms with Crippen molar-refractivity contribution in [1.29, 1.82) is 0 Å². The van der Waals surface area contributed by atoms with E-state index in [1.807, 2.05) is 18.2 Å². The first-order valence-electron chi connectivity index (χ1n) is 7.02. The number of anilines is 1. The van der Waals surface area contributed by atoms with E-state index in [-0.39, 0.29) is 0 Å². The van der Waals surface area contributed by atoms with Gasteiger partial charge in [-0.05, 0) is 61.1 Å². The van der Waals surface area contributed by atoms with Gasteiger partial charge < -0.3 is 10.2 Å². The normalized spacial score (nSPS) is 13.7.